The largest absolute Gasteiger partial charge is 0.394 e. The van der Waals surface area contributed by atoms with Crippen molar-refractivity contribution < 1.29 is 42.8 Å². The van der Waals surface area contributed by atoms with Crippen molar-refractivity contribution in [2.75, 3.05) is 18.6 Å². The lowest BCUT2D eigenvalue weighted by Gasteiger charge is -2.46. The molecule has 2 heterocycles. The van der Waals surface area contributed by atoms with Gasteiger partial charge in [0.15, 0.2) is 23.6 Å². The van der Waals surface area contributed by atoms with Gasteiger partial charge in [-0.25, -0.2) is 17.9 Å². The Kier molecular flexibility index (Phi) is 9.76. The molecule has 0 radical (unpaired) electrons. The van der Waals surface area contributed by atoms with E-state index < -0.39 is 72.6 Å². The molecule has 1 aliphatic heterocycles. The van der Waals surface area contributed by atoms with Gasteiger partial charge in [0, 0.05) is 27.9 Å². The molecule has 1 saturated heterocycles. The number of aliphatic hydroxyl groups is 3. The van der Waals surface area contributed by atoms with Crippen LogP contribution in [0.25, 0.3) is 11.3 Å². The first-order valence-corrected chi connectivity index (χ1v) is 14.7. The van der Waals surface area contributed by atoms with Crippen LogP contribution in [0.15, 0.2) is 41.0 Å². The maximum absolute atomic E-state index is 14.4. The zero-order valence-electron chi connectivity index (χ0n) is 22.8. The molecule has 2 aromatic carbocycles. The number of ether oxygens (including phenoxy) is 2. The van der Waals surface area contributed by atoms with Gasteiger partial charge in [-0.15, -0.1) is 5.10 Å². The van der Waals surface area contributed by atoms with Crippen LogP contribution in [0.3, 0.4) is 0 Å². The summed E-state index contributed by atoms with van der Waals surface area (Å²) in [5.41, 5.74) is 0.222. The van der Waals surface area contributed by atoms with E-state index in [1.165, 1.54) is 18.2 Å². The first kappa shape index (κ1) is 31.8. The van der Waals surface area contributed by atoms with E-state index in [0.29, 0.717) is 28.0 Å². The van der Waals surface area contributed by atoms with Gasteiger partial charge in [0.1, 0.15) is 30.0 Å². The van der Waals surface area contributed by atoms with Gasteiger partial charge in [-0.3, -0.25) is 4.79 Å². The third kappa shape index (κ3) is 6.32. The summed E-state index contributed by atoms with van der Waals surface area (Å²) in [6, 6.07) is 4.60. The fourth-order valence-electron chi connectivity index (χ4n) is 5.81. The number of aliphatic hydroxyl groups excluding tert-OH is 3. The van der Waals surface area contributed by atoms with Crippen molar-refractivity contribution in [3.05, 3.63) is 63.5 Å². The Morgan fingerprint density at radius 2 is 1.86 bits per heavy atom. The Hall–Kier alpha value is -2.59. The average molecular weight is 690 g/mol. The molecule has 1 saturated carbocycles. The topological polar surface area (TPSA) is 130 Å². The molecule has 2 aliphatic rings. The van der Waals surface area contributed by atoms with E-state index in [9.17, 15) is 33.3 Å². The number of nitrogens with zero attached hydrogens (tertiary/aromatic N) is 4. The van der Waals surface area contributed by atoms with Crippen LogP contribution in [0.5, 0.6) is 0 Å². The van der Waals surface area contributed by atoms with E-state index in [2.05, 4.69) is 26.2 Å². The van der Waals surface area contributed by atoms with Crippen LogP contribution < -0.4 is 4.90 Å². The molecule has 5 rings (SSSR count). The predicted octanol–water partition coefficient (Wildman–Crippen LogP) is 3.79. The lowest BCUT2D eigenvalue weighted by atomic mass is 9.88. The van der Waals surface area contributed by atoms with E-state index in [0.717, 1.165) is 29.7 Å². The number of hydrogen-bond donors (Lipinski definition) is 3. The highest BCUT2D eigenvalue weighted by Crippen LogP contribution is 2.37. The molecule has 0 spiro atoms. The van der Waals surface area contributed by atoms with E-state index in [-0.39, 0.29) is 11.3 Å². The highest BCUT2D eigenvalue weighted by atomic mass is 79.9. The number of carbonyl (C=O) groups excluding carboxylic acids is 1. The summed E-state index contributed by atoms with van der Waals surface area (Å²) in [6.07, 6.45) is -2.45. The molecule has 5 unspecified atom stereocenters. The minimum Gasteiger partial charge on any atom is -0.394 e. The van der Waals surface area contributed by atoms with Crippen molar-refractivity contribution in [3.63, 3.8) is 0 Å². The van der Waals surface area contributed by atoms with Gasteiger partial charge in [-0.1, -0.05) is 45.6 Å². The molecule has 10 nitrogen and oxygen atoms in total. The van der Waals surface area contributed by atoms with Gasteiger partial charge < -0.3 is 29.7 Å². The molecule has 1 aromatic heterocycles. The van der Waals surface area contributed by atoms with Crippen molar-refractivity contribution in [3.8, 4) is 11.3 Å². The monoisotopic (exact) mass is 688 g/mol. The summed E-state index contributed by atoms with van der Waals surface area (Å²) in [6.45, 7) is -0.678. The summed E-state index contributed by atoms with van der Waals surface area (Å²) in [4.78, 5) is 15.9. The Bertz CT molecular complexity index is 1440. The van der Waals surface area contributed by atoms with Crippen molar-refractivity contribution in [2.45, 2.75) is 68.3 Å². The smallest absolute Gasteiger partial charge is 0.259 e. The standard InChI is InChI=1S/C28H29BrClF3N4O6/c1-42-26-24(36-11-19(34-35-36)13-6-17(31)23(33)18(32)7-13)25(40)22(12-38)43-27(26)28(41)37(20-4-2-3-5-21(20)39)16-9-14(29)8-15(30)10-16/h6-11,20-22,24-27,38-40H,2-5,12H2,1H3/t20-,21-,22?,24?,25?,26?,27?/m0/s1. The van der Waals surface area contributed by atoms with E-state index in [4.69, 9.17) is 21.1 Å². The number of carbonyl (C=O) groups is 1. The van der Waals surface area contributed by atoms with Gasteiger partial charge in [0.05, 0.1) is 24.9 Å². The molecular formula is C28H29BrClF3N4O6. The minimum absolute atomic E-state index is 0.0505. The van der Waals surface area contributed by atoms with Crippen LogP contribution in [-0.4, -0.2) is 86.5 Å². The summed E-state index contributed by atoms with van der Waals surface area (Å²) in [5, 5.41) is 40.5. The normalized spacial score (nSPS) is 27.7. The average Bonchev–Trinajstić information content (AvgIpc) is 3.45. The quantitative estimate of drug-likeness (QED) is 0.320. The van der Waals surface area contributed by atoms with E-state index in [1.54, 1.807) is 18.2 Å². The van der Waals surface area contributed by atoms with Crippen LogP contribution in [-0.2, 0) is 14.3 Å². The van der Waals surface area contributed by atoms with Crippen molar-refractivity contribution in [1.82, 2.24) is 15.0 Å². The Balaban J connectivity index is 1.55. The fraction of sp³-hybridized carbons (Fsp3) is 0.464. The SMILES string of the molecule is COC1C(C(=O)N(c2cc(Cl)cc(Br)c2)[C@H]2CCCC[C@@H]2O)OC(CO)C(O)C1n1cc(-c2cc(F)c(F)c(F)c2)nn1. The van der Waals surface area contributed by atoms with Gasteiger partial charge in [0.2, 0.25) is 0 Å². The molecule has 0 bridgehead atoms. The minimum atomic E-state index is -1.64. The second kappa shape index (κ2) is 13.2. The number of rotatable bonds is 7. The number of amides is 1. The summed E-state index contributed by atoms with van der Waals surface area (Å²) >= 11 is 9.73. The molecule has 15 heteroatoms. The Labute approximate surface area is 258 Å². The lowest BCUT2D eigenvalue weighted by Crippen LogP contribution is -2.63. The summed E-state index contributed by atoms with van der Waals surface area (Å²) in [5.74, 6) is -5.10. The fourth-order valence-corrected chi connectivity index (χ4v) is 6.65. The molecule has 3 aromatic rings. The number of hydrogen-bond acceptors (Lipinski definition) is 8. The van der Waals surface area contributed by atoms with Gasteiger partial charge >= 0.3 is 0 Å². The second-order valence-corrected chi connectivity index (χ2v) is 11.9. The number of anilines is 1. The Morgan fingerprint density at radius 3 is 2.49 bits per heavy atom. The maximum Gasteiger partial charge on any atom is 0.259 e. The first-order chi connectivity index (χ1) is 20.5. The van der Waals surface area contributed by atoms with Crippen molar-refractivity contribution in [2.24, 2.45) is 0 Å². The van der Waals surface area contributed by atoms with Crippen LogP contribution in [0.4, 0.5) is 18.9 Å². The Morgan fingerprint density at radius 1 is 1.16 bits per heavy atom. The van der Waals surface area contributed by atoms with E-state index >= 15 is 0 Å². The third-order valence-corrected chi connectivity index (χ3v) is 8.54. The molecule has 43 heavy (non-hydrogen) atoms. The molecule has 3 N–H and O–H groups in total. The van der Waals surface area contributed by atoms with Crippen LogP contribution in [0.2, 0.25) is 5.02 Å². The second-order valence-electron chi connectivity index (χ2n) is 10.6. The molecular weight excluding hydrogens is 661 g/mol. The highest BCUT2D eigenvalue weighted by Gasteiger charge is 2.52. The third-order valence-electron chi connectivity index (χ3n) is 7.87. The number of aromatic nitrogens is 3. The number of halogens is 5. The highest BCUT2D eigenvalue weighted by molar-refractivity contribution is 9.10. The lowest BCUT2D eigenvalue weighted by molar-refractivity contribution is -0.211. The predicted molar refractivity (Wildman–Crippen MR) is 152 cm³/mol. The first-order valence-electron chi connectivity index (χ1n) is 13.5. The summed E-state index contributed by atoms with van der Waals surface area (Å²) in [7, 11) is 1.30. The molecule has 1 aliphatic carbocycles. The maximum atomic E-state index is 14.4. The van der Waals surface area contributed by atoms with Crippen molar-refractivity contribution in [1.29, 1.82) is 0 Å². The zero-order valence-corrected chi connectivity index (χ0v) is 25.1. The molecule has 7 atom stereocenters. The van der Waals surface area contributed by atoms with Crippen LogP contribution >= 0.6 is 27.5 Å². The molecule has 2 fully saturated rings. The molecule has 1 amide bonds. The number of benzene rings is 2. The van der Waals surface area contributed by atoms with Gasteiger partial charge in [0.25, 0.3) is 5.91 Å². The van der Waals surface area contributed by atoms with Crippen molar-refractivity contribution >= 4 is 39.1 Å². The van der Waals surface area contributed by atoms with Crippen LogP contribution in [0, 0.1) is 17.5 Å². The molecule has 232 valence electrons. The van der Waals surface area contributed by atoms with E-state index in [1.807, 2.05) is 0 Å². The van der Waals surface area contributed by atoms with Gasteiger partial charge in [-0.2, -0.15) is 0 Å². The van der Waals surface area contributed by atoms with Gasteiger partial charge in [-0.05, 0) is 43.2 Å². The number of methoxy groups -OCH3 is 1. The van der Waals surface area contributed by atoms with Crippen LogP contribution in [0.1, 0.15) is 31.7 Å². The zero-order chi connectivity index (χ0) is 31.0. The summed E-state index contributed by atoms with van der Waals surface area (Å²) < 4.78 is 54.7.